The van der Waals surface area contributed by atoms with Gasteiger partial charge in [-0.15, -0.1) is 11.6 Å². The van der Waals surface area contributed by atoms with Crippen molar-refractivity contribution in [2.45, 2.75) is 38.3 Å². The molecule has 2 unspecified atom stereocenters. The molecular weight excluding hydrogens is 359 g/mol. The molecule has 0 saturated carbocycles. The summed E-state index contributed by atoms with van der Waals surface area (Å²) in [6.45, 7) is 2.94. The van der Waals surface area contributed by atoms with Crippen LogP contribution in [-0.2, 0) is 11.2 Å². The van der Waals surface area contributed by atoms with E-state index in [0.717, 1.165) is 30.8 Å². The van der Waals surface area contributed by atoms with Gasteiger partial charge < -0.3 is 9.30 Å². The van der Waals surface area contributed by atoms with Gasteiger partial charge in [-0.1, -0.05) is 0 Å². The second-order valence-electron chi connectivity index (χ2n) is 5.38. The Bertz CT molecular complexity index is 655. The van der Waals surface area contributed by atoms with E-state index in [0.29, 0.717) is 22.3 Å². The number of ether oxygens (including phenoxy) is 1. The Morgan fingerprint density at radius 1 is 1.57 bits per heavy atom. The Kier molecular flexibility index (Phi) is 4.52. The van der Waals surface area contributed by atoms with Crippen LogP contribution in [-0.4, -0.2) is 28.1 Å². The Labute approximate surface area is 136 Å². The van der Waals surface area contributed by atoms with Gasteiger partial charge in [-0.05, 0) is 41.8 Å². The molecule has 2 heterocycles. The van der Waals surface area contributed by atoms with Crippen molar-refractivity contribution in [2.24, 2.45) is 0 Å². The molecule has 0 bridgehead atoms. The molecule has 3 nitrogen and oxygen atoms in total. The number of halogens is 3. The highest BCUT2D eigenvalue weighted by atomic mass is 79.9. The summed E-state index contributed by atoms with van der Waals surface area (Å²) < 4.78 is 22.1. The molecule has 114 valence electrons. The first-order valence-corrected chi connectivity index (χ1v) is 8.48. The van der Waals surface area contributed by atoms with Gasteiger partial charge in [0.2, 0.25) is 0 Å². The largest absolute Gasteiger partial charge is 0.376 e. The summed E-state index contributed by atoms with van der Waals surface area (Å²) >= 11 is 9.15. The molecule has 6 heteroatoms. The molecule has 1 saturated heterocycles. The Balaban J connectivity index is 2.12. The van der Waals surface area contributed by atoms with Crippen LogP contribution in [0.25, 0.3) is 11.0 Å². The van der Waals surface area contributed by atoms with Gasteiger partial charge in [0, 0.05) is 25.0 Å². The number of alkyl halides is 1. The average molecular weight is 376 g/mol. The highest BCUT2D eigenvalue weighted by molar-refractivity contribution is 9.10. The average Bonchev–Trinajstić information content (AvgIpc) is 3.07. The Morgan fingerprint density at radius 3 is 3.05 bits per heavy atom. The SMILES string of the molecule is CC(C1CCCO1)n1c(CCCl)nc2cc(F)c(Br)cc21. The highest BCUT2D eigenvalue weighted by Crippen LogP contribution is 2.31. The minimum absolute atomic E-state index is 0.160. The maximum Gasteiger partial charge on any atom is 0.139 e. The molecule has 1 fully saturated rings. The van der Waals surface area contributed by atoms with Crippen LogP contribution in [0.4, 0.5) is 4.39 Å². The van der Waals surface area contributed by atoms with Crippen molar-refractivity contribution in [1.82, 2.24) is 9.55 Å². The lowest BCUT2D eigenvalue weighted by Crippen LogP contribution is -2.22. The van der Waals surface area contributed by atoms with Crippen molar-refractivity contribution in [1.29, 1.82) is 0 Å². The van der Waals surface area contributed by atoms with Crippen molar-refractivity contribution < 1.29 is 9.13 Å². The van der Waals surface area contributed by atoms with Crippen molar-refractivity contribution >= 4 is 38.6 Å². The minimum atomic E-state index is -0.297. The van der Waals surface area contributed by atoms with E-state index in [9.17, 15) is 4.39 Å². The summed E-state index contributed by atoms with van der Waals surface area (Å²) in [4.78, 5) is 4.56. The van der Waals surface area contributed by atoms with Crippen LogP contribution in [0.2, 0.25) is 0 Å². The third kappa shape index (κ3) is 2.83. The molecule has 3 rings (SSSR count). The van der Waals surface area contributed by atoms with Gasteiger partial charge in [-0.25, -0.2) is 9.37 Å². The van der Waals surface area contributed by atoms with Crippen molar-refractivity contribution in [3.63, 3.8) is 0 Å². The predicted molar refractivity (Wildman–Crippen MR) is 85.5 cm³/mol. The van der Waals surface area contributed by atoms with E-state index in [-0.39, 0.29) is 18.0 Å². The molecule has 1 aliphatic heterocycles. The van der Waals surface area contributed by atoms with E-state index in [1.54, 1.807) is 6.07 Å². The zero-order valence-electron chi connectivity index (χ0n) is 11.8. The van der Waals surface area contributed by atoms with Crippen molar-refractivity contribution in [3.8, 4) is 0 Å². The lowest BCUT2D eigenvalue weighted by atomic mass is 10.1. The summed E-state index contributed by atoms with van der Waals surface area (Å²) in [5, 5.41) is 0. The fourth-order valence-corrected chi connectivity index (χ4v) is 3.51. The third-order valence-electron chi connectivity index (χ3n) is 4.03. The van der Waals surface area contributed by atoms with Crippen LogP contribution in [0.1, 0.15) is 31.6 Å². The Hall–Kier alpha value is -0.650. The highest BCUT2D eigenvalue weighted by Gasteiger charge is 2.27. The first-order chi connectivity index (χ1) is 10.1. The van der Waals surface area contributed by atoms with Crippen LogP contribution in [0.5, 0.6) is 0 Å². The third-order valence-corrected chi connectivity index (χ3v) is 4.83. The van der Waals surface area contributed by atoms with Gasteiger partial charge in [0.15, 0.2) is 0 Å². The quantitative estimate of drug-likeness (QED) is 0.738. The molecule has 2 atom stereocenters. The second-order valence-corrected chi connectivity index (χ2v) is 6.62. The number of aromatic nitrogens is 2. The lowest BCUT2D eigenvalue weighted by Gasteiger charge is -2.23. The number of imidazole rings is 1. The van der Waals surface area contributed by atoms with Crippen molar-refractivity contribution in [3.05, 3.63) is 28.2 Å². The number of hydrogen-bond donors (Lipinski definition) is 0. The molecule has 21 heavy (non-hydrogen) atoms. The van der Waals surface area contributed by atoms with Gasteiger partial charge in [0.05, 0.1) is 27.7 Å². The van der Waals surface area contributed by atoms with E-state index in [1.165, 1.54) is 6.07 Å². The van der Waals surface area contributed by atoms with Gasteiger partial charge >= 0.3 is 0 Å². The van der Waals surface area contributed by atoms with E-state index in [1.807, 2.05) is 0 Å². The first kappa shape index (κ1) is 15.3. The summed E-state index contributed by atoms with van der Waals surface area (Å²) in [7, 11) is 0. The summed E-state index contributed by atoms with van der Waals surface area (Å²) in [6, 6.07) is 3.42. The molecule has 0 amide bonds. The van der Waals surface area contributed by atoms with Gasteiger partial charge in [-0.2, -0.15) is 0 Å². The molecule has 0 N–H and O–H groups in total. The second kappa shape index (κ2) is 6.23. The number of fused-ring (bicyclic) bond motifs is 1. The molecule has 1 aliphatic rings. The topological polar surface area (TPSA) is 27.1 Å². The molecule has 0 spiro atoms. The number of nitrogens with zero attached hydrogens (tertiary/aromatic N) is 2. The molecule has 1 aromatic carbocycles. The zero-order valence-corrected chi connectivity index (χ0v) is 14.1. The predicted octanol–water partition coefficient (Wildman–Crippen LogP) is 4.46. The minimum Gasteiger partial charge on any atom is -0.376 e. The van der Waals surface area contributed by atoms with E-state index in [4.69, 9.17) is 16.3 Å². The maximum absolute atomic E-state index is 13.7. The number of aryl methyl sites for hydroxylation is 1. The standard InChI is InChI=1S/C15H17BrClFN2O/c1-9(14-3-2-6-21-14)20-13-7-10(16)11(18)8-12(13)19-15(20)4-5-17/h7-9,14H,2-6H2,1H3. The Morgan fingerprint density at radius 2 is 2.38 bits per heavy atom. The van der Waals surface area contributed by atoms with Crippen LogP contribution in [0.15, 0.2) is 16.6 Å². The van der Waals surface area contributed by atoms with Crippen LogP contribution < -0.4 is 0 Å². The number of benzene rings is 1. The fraction of sp³-hybridized carbons (Fsp3) is 0.533. The van der Waals surface area contributed by atoms with E-state index >= 15 is 0 Å². The number of rotatable bonds is 4. The van der Waals surface area contributed by atoms with Crippen LogP contribution >= 0.6 is 27.5 Å². The summed E-state index contributed by atoms with van der Waals surface area (Å²) in [5.74, 6) is 1.08. The van der Waals surface area contributed by atoms with Crippen LogP contribution in [0, 0.1) is 5.82 Å². The van der Waals surface area contributed by atoms with Crippen LogP contribution in [0.3, 0.4) is 0 Å². The van der Waals surface area contributed by atoms with Gasteiger partial charge in [0.1, 0.15) is 11.6 Å². The molecule has 0 radical (unpaired) electrons. The molecular formula is C15H17BrClFN2O. The monoisotopic (exact) mass is 374 g/mol. The summed E-state index contributed by atoms with van der Waals surface area (Å²) in [5.41, 5.74) is 1.59. The van der Waals surface area contributed by atoms with E-state index in [2.05, 4.69) is 32.4 Å². The van der Waals surface area contributed by atoms with Gasteiger partial charge in [0.25, 0.3) is 0 Å². The summed E-state index contributed by atoms with van der Waals surface area (Å²) in [6.07, 6.45) is 2.97. The number of hydrogen-bond acceptors (Lipinski definition) is 2. The zero-order chi connectivity index (χ0) is 15.0. The maximum atomic E-state index is 13.7. The van der Waals surface area contributed by atoms with E-state index < -0.39 is 0 Å². The molecule has 0 aliphatic carbocycles. The molecule has 1 aromatic heterocycles. The first-order valence-electron chi connectivity index (χ1n) is 7.15. The smallest absolute Gasteiger partial charge is 0.139 e. The molecule has 2 aromatic rings. The lowest BCUT2D eigenvalue weighted by molar-refractivity contribution is 0.0736. The normalized spacial score (nSPS) is 20.3. The fourth-order valence-electron chi connectivity index (χ4n) is 3.00. The van der Waals surface area contributed by atoms with Crippen molar-refractivity contribution in [2.75, 3.05) is 12.5 Å². The van der Waals surface area contributed by atoms with Gasteiger partial charge in [-0.3, -0.25) is 0 Å².